The molecule has 0 aromatic rings. The highest BCUT2D eigenvalue weighted by Crippen LogP contribution is 2.23. The normalized spacial score (nSPS) is 18.6. The Bertz CT molecular complexity index is 1160. The maximum absolute atomic E-state index is 12.9. The minimum Gasteiger partial charge on any atom is -0.490 e. The molecule has 11 heteroatoms. The van der Waals surface area contributed by atoms with Crippen LogP contribution in [0.15, 0.2) is 71.2 Å². The van der Waals surface area contributed by atoms with Gasteiger partial charge in [-0.15, -0.1) is 0 Å². The zero-order chi connectivity index (χ0) is 32.6. The summed E-state index contributed by atoms with van der Waals surface area (Å²) >= 11 is 5.89. The van der Waals surface area contributed by atoms with E-state index in [4.69, 9.17) is 25.8 Å². The van der Waals surface area contributed by atoms with E-state index in [2.05, 4.69) is 16.0 Å². The molecule has 43 heavy (non-hydrogen) atoms. The number of ether oxygens (including phenoxy) is 3. The van der Waals surface area contributed by atoms with Crippen LogP contribution in [0.4, 0.5) is 4.79 Å². The van der Waals surface area contributed by atoms with Crippen molar-refractivity contribution in [3.63, 3.8) is 0 Å². The Balaban J connectivity index is 2.71. The summed E-state index contributed by atoms with van der Waals surface area (Å²) in [5.41, 5.74) is 0.368. The fourth-order valence-corrected chi connectivity index (χ4v) is 4.06. The SMILES string of the molecule is CNC(=O)OC(C/C=C\NC(=O)C(NC(=O)/C=C/C=C\C(C)=C\C(C)C1CC=C(OC)C(=O)O1)C(C)(C)C)C/C=C(\C)Cl. The second-order valence-electron chi connectivity index (χ2n) is 11.2. The van der Waals surface area contributed by atoms with Crippen molar-refractivity contribution < 1.29 is 33.4 Å². The highest BCUT2D eigenvalue weighted by molar-refractivity contribution is 6.29. The van der Waals surface area contributed by atoms with Crippen LogP contribution in [0.1, 0.15) is 60.8 Å². The van der Waals surface area contributed by atoms with Gasteiger partial charge in [0.15, 0.2) is 5.76 Å². The number of carbonyl (C=O) groups excluding carboxylic acids is 4. The Morgan fingerprint density at radius 3 is 2.42 bits per heavy atom. The molecule has 3 N–H and O–H groups in total. The standard InChI is InChI=1S/C32H46ClN3O7/c1-21(20-22(2)25-17-18-26(41-8)30(39)43-25)12-9-10-14-27(37)36-28(32(4,5)6)29(38)35-19-11-13-24(16-15-23(3)33)42-31(40)34-7/h9-12,14-15,18-20,22,24-25,28H,13,16-17H2,1-8H3,(H,34,40)(H,35,38)(H,36,37)/b12-9-,14-10+,19-11-,21-20+,23-15+. The second kappa shape index (κ2) is 18.7. The van der Waals surface area contributed by atoms with Gasteiger partial charge in [0, 0.05) is 43.3 Å². The molecule has 238 valence electrons. The van der Waals surface area contributed by atoms with E-state index in [1.807, 2.05) is 46.8 Å². The van der Waals surface area contributed by atoms with E-state index in [0.29, 0.717) is 24.3 Å². The van der Waals surface area contributed by atoms with Gasteiger partial charge in [0.2, 0.25) is 11.8 Å². The number of alkyl carbamates (subject to hydrolysis) is 1. The van der Waals surface area contributed by atoms with Gasteiger partial charge in [0.25, 0.3) is 0 Å². The molecule has 4 atom stereocenters. The number of nitrogens with one attached hydrogen (secondary N) is 3. The summed E-state index contributed by atoms with van der Waals surface area (Å²) in [7, 11) is 2.91. The average Bonchev–Trinajstić information content (AvgIpc) is 2.93. The van der Waals surface area contributed by atoms with Crippen LogP contribution >= 0.6 is 11.6 Å². The Morgan fingerprint density at radius 2 is 1.84 bits per heavy atom. The number of halogens is 1. The predicted molar refractivity (Wildman–Crippen MR) is 168 cm³/mol. The molecule has 10 nitrogen and oxygen atoms in total. The van der Waals surface area contributed by atoms with Crippen LogP contribution in [-0.4, -0.2) is 56.3 Å². The van der Waals surface area contributed by atoms with Gasteiger partial charge < -0.3 is 30.2 Å². The van der Waals surface area contributed by atoms with Crippen molar-refractivity contribution in [2.24, 2.45) is 11.3 Å². The number of hydrogen-bond acceptors (Lipinski definition) is 7. The molecule has 0 aromatic heterocycles. The van der Waals surface area contributed by atoms with Gasteiger partial charge in [-0.05, 0) is 31.5 Å². The van der Waals surface area contributed by atoms with E-state index in [9.17, 15) is 19.2 Å². The lowest BCUT2D eigenvalue weighted by Crippen LogP contribution is -2.52. The van der Waals surface area contributed by atoms with E-state index in [0.717, 1.165) is 5.57 Å². The van der Waals surface area contributed by atoms with Gasteiger partial charge in [-0.3, -0.25) is 9.59 Å². The second-order valence-corrected chi connectivity index (χ2v) is 11.8. The number of rotatable bonds is 14. The largest absolute Gasteiger partial charge is 0.490 e. The van der Waals surface area contributed by atoms with Gasteiger partial charge in [0.1, 0.15) is 18.2 Å². The molecular formula is C32H46ClN3O7. The van der Waals surface area contributed by atoms with E-state index < -0.39 is 35.5 Å². The van der Waals surface area contributed by atoms with Crippen LogP contribution in [-0.2, 0) is 28.6 Å². The molecule has 0 bridgehead atoms. The number of methoxy groups -OCH3 is 1. The van der Waals surface area contributed by atoms with Gasteiger partial charge in [-0.1, -0.05) is 81.3 Å². The van der Waals surface area contributed by atoms with Gasteiger partial charge in [-0.25, -0.2) is 9.59 Å². The number of cyclic esters (lactones) is 1. The summed E-state index contributed by atoms with van der Waals surface area (Å²) in [5.74, 6) is -1.07. The Kier molecular flexibility index (Phi) is 16.2. The Morgan fingerprint density at radius 1 is 1.16 bits per heavy atom. The topological polar surface area (TPSA) is 132 Å². The third kappa shape index (κ3) is 14.8. The summed E-state index contributed by atoms with van der Waals surface area (Å²) in [6, 6.07) is -0.814. The zero-order valence-electron chi connectivity index (χ0n) is 26.4. The van der Waals surface area contributed by atoms with Crippen LogP contribution in [0.3, 0.4) is 0 Å². The van der Waals surface area contributed by atoms with E-state index >= 15 is 0 Å². The molecule has 1 aliphatic heterocycles. The number of carbonyl (C=O) groups is 4. The quantitative estimate of drug-likeness (QED) is 0.136. The summed E-state index contributed by atoms with van der Waals surface area (Å²) in [5, 5.41) is 8.45. The van der Waals surface area contributed by atoms with Crippen molar-refractivity contribution in [2.75, 3.05) is 14.2 Å². The fraction of sp³-hybridized carbons (Fsp3) is 0.500. The van der Waals surface area contributed by atoms with E-state index in [-0.39, 0.29) is 23.7 Å². The van der Waals surface area contributed by atoms with Crippen molar-refractivity contribution in [1.29, 1.82) is 0 Å². The van der Waals surface area contributed by atoms with Gasteiger partial charge >= 0.3 is 12.1 Å². The van der Waals surface area contributed by atoms with Crippen molar-refractivity contribution >= 4 is 35.5 Å². The maximum atomic E-state index is 12.9. The Labute approximate surface area is 260 Å². The minimum absolute atomic E-state index is 0.0171. The van der Waals surface area contributed by atoms with E-state index in [1.54, 1.807) is 37.3 Å². The van der Waals surface area contributed by atoms with Crippen LogP contribution in [0, 0.1) is 11.3 Å². The number of hydrogen-bond donors (Lipinski definition) is 3. The van der Waals surface area contributed by atoms with Crippen LogP contribution < -0.4 is 16.0 Å². The smallest absolute Gasteiger partial charge is 0.407 e. The van der Waals surface area contributed by atoms with Crippen LogP contribution in [0.5, 0.6) is 0 Å². The first-order valence-corrected chi connectivity index (χ1v) is 14.5. The van der Waals surface area contributed by atoms with Gasteiger partial charge in [0.05, 0.1) is 7.11 Å². The summed E-state index contributed by atoms with van der Waals surface area (Å²) in [6.45, 7) is 11.2. The number of esters is 1. The first kappa shape index (κ1) is 37.2. The lowest BCUT2D eigenvalue weighted by molar-refractivity contribution is -0.151. The number of amides is 3. The molecule has 0 aromatic carbocycles. The molecule has 3 amide bonds. The van der Waals surface area contributed by atoms with Crippen molar-refractivity contribution in [3.05, 3.63) is 71.2 Å². The lowest BCUT2D eigenvalue weighted by atomic mass is 9.86. The summed E-state index contributed by atoms with van der Waals surface area (Å²) in [4.78, 5) is 49.1. The van der Waals surface area contributed by atoms with Crippen molar-refractivity contribution in [3.8, 4) is 0 Å². The van der Waals surface area contributed by atoms with E-state index in [1.165, 1.54) is 26.4 Å². The molecule has 0 spiro atoms. The Hall–Kier alpha value is -3.79. The van der Waals surface area contributed by atoms with Crippen LogP contribution in [0.2, 0.25) is 0 Å². The molecule has 0 saturated heterocycles. The molecule has 4 unspecified atom stereocenters. The fourth-order valence-electron chi connectivity index (χ4n) is 3.97. The third-order valence-corrected chi connectivity index (χ3v) is 6.50. The van der Waals surface area contributed by atoms with Crippen LogP contribution in [0.25, 0.3) is 0 Å². The molecule has 1 heterocycles. The first-order chi connectivity index (χ1) is 20.2. The minimum atomic E-state index is -0.814. The summed E-state index contributed by atoms with van der Waals surface area (Å²) < 4.78 is 15.7. The molecule has 0 aliphatic carbocycles. The molecular weight excluding hydrogens is 574 g/mol. The molecule has 1 rings (SSSR count). The highest BCUT2D eigenvalue weighted by atomic mass is 35.5. The highest BCUT2D eigenvalue weighted by Gasteiger charge is 2.32. The van der Waals surface area contributed by atoms with Crippen molar-refractivity contribution in [2.45, 2.75) is 79.1 Å². The monoisotopic (exact) mass is 619 g/mol. The molecule has 0 fully saturated rings. The first-order valence-electron chi connectivity index (χ1n) is 14.1. The molecule has 0 saturated carbocycles. The average molecular weight is 620 g/mol. The molecule has 1 aliphatic rings. The van der Waals surface area contributed by atoms with Crippen molar-refractivity contribution in [1.82, 2.24) is 16.0 Å². The molecule has 0 radical (unpaired) electrons. The lowest BCUT2D eigenvalue weighted by Gasteiger charge is -2.29. The number of allylic oxidation sites excluding steroid dienone is 5. The summed E-state index contributed by atoms with van der Waals surface area (Å²) in [6.07, 6.45) is 15.2. The zero-order valence-corrected chi connectivity index (χ0v) is 27.1. The van der Waals surface area contributed by atoms with Gasteiger partial charge in [-0.2, -0.15) is 0 Å². The predicted octanol–water partition coefficient (Wildman–Crippen LogP) is 5.34. The third-order valence-electron chi connectivity index (χ3n) is 6.34. The maximum Gasteiger partial charge on any atom is 0.407 e.